The van der Waals surface area contributed by atoms with E-state index in [2.05, 4.69) is 15.3 Å². The van der Waals surface area contributed by atoms with Crippen molar-refractivity contribution in [1.82, 2.24) is 14.9 Å². The molecule has 2 aliphatic rings. The number of fused-ring (bicyclic) bond motifs is 1. The van der Waals surface area contributed by atoms with Gasteiger partial charge in [-0.3, -0.25) is 4.90 Å². The smallest absolute Gasteiger partial charge is 0.433 e. The van der Waals surface area contributed by atoms with E-state index in [1.54, 1.807) is 47.6 Å². The summed E-state index contributed by atoms with van der Waals surface area (Å²) in [5.41, 5.74) is -1.93. The number of pyridine rings is 2. The largest absolute Gasteiger partial charge is 0.491 e. The van der Waals surface area contributed by atoms with Crippen LogP contribution in [-0.4, -0.2) is 65.0 Å². The number of rotatable bonds is 4. The molecular formula is C30H37F4N5O5. The lowest BCUT2D eigenvalue weighted by atomic mass is 9.99. The summed E-state index contributed by atoms with van der Waals surface area (Å²) in [6, 6.07) is 1.88. The Bertz CT molecular complexity index is 1460. The molecule has 0 aromatic carbocycles. The first-order valence-corrected chi connectivity index (χ1v) is 14.2. The third-order valence-corrected chi connectivity index (χ3v) is 6.56. The van der Waals surface area contributed by atoms with E-state index in [-0.39, 0.29) is 41.8 Å². The van der Waals surface area contributed by atoms with Crippen LogP contribution in [-0.2, 0) is 22.1 Å². The number of nitrogens with one attached hydrogen (secondary N) is 1. The number of nitrogens with zero attached hydrogens (tertiary/aromatic N) is 4. The number of amides is 2. The van der Waals surface area contributed by atoms with E-state index in [1.165, 1.54) is 18.0 Å². The van der Waals surface area contributed by atoms with Crippen LogP contribution < -0.4 is 15.0 Å². The summed E-state index contributed by atoms with van der Waals surface area (Å²) < 4.78 is 74.2. The second-order valence-corrected chi connectivity index (χ2v) is 12.5. The van der Waals surface area contributed by atoms with Crippen LogP contribution in [0.15, 0.2) is 18.2 Å². The number of carbonyl (C=O) groups excluding carboxylic acids is 2. The number of hydrogen-bond acceptors (Lipinski definition) is 8. The molecule has 1 N–H and O–H groups in total. The first-order chi connectivity index (χ1) is 20.3. The number of halogens is 4. The fourth-order valence-electron chi connectivity index (χ4n) is 4.61. The van der Waals surface area contributed by atoms with E-state index in [9.17, 15) is 22.8 Å². The van der Waals surface area contributed by atoms with Crippen LogP contribution in [0.1, 0.15) is 71.3 Å². The molecule has 0 saturated carbocycles. The van der Waals surface area contributed by atoms with Gasteiger partial charge in [0, 0.05) is 32.6 Å². The third kappa shape index (κ3) is 7.88. The molecule has 0 saturated heterocycles. The van der Waals surface area contributed by atoms with Crippen LogP contribution in [0.4, 0.5) is 44.5 Å². The standard InChI is InChI=1S/C30H37F4N5O5/c1-28(2,3)43-26(40)38(7)18-15-20(30(32,33)34)36-21(16-18)37-25-23(31)22(24-19(35-25)11-14-42-24)17-9-8-12-39(13-10-17)27(41)44-29(4,5)6/h10,15-16H,8-9,11-14H2,1-7H3,(H,35,36,37). The molecule has 0 unspecified atom stereocenters. The highest BCUT2D eigenvalue weighted by atomic mass is 19.4. The maximum atomic E-state index is 16.2. The van der Waals surface area contributed by atoms with E-state index in [0.717, 1.165) is 4.90 Å². The first kappa shape index (κ1) is 32.8. The van der Waals surface area contributed by atoms with E-state index < -0.39 is 41.1 Å². The summed E-state index contributed by atoms with van der Waals surface area (Å²) in [6.07, 6.45) is -3.24. The molecule has 0 radical (unpaired) electrons. The summed E-state index contributed by atoms with van der Waals surface area (Å²) >= 11 is 0. The van der Waals surface area contributed by atoms with Crippen molar-refractivity contribution < 1.29 is 41.4 Å². The fourth-order valence-corrected chi connectivity index (χ4v) is 4.61. The SMILES string of the molecule is CN(C(=O)OC(C)(C)C)c1cc(Nc2nc3c(c(C4=CCN(C(=O)OC(C)(C)C)CCC4)c2F)OCC3)nc(C(F)(F)F)c1. The zero-order chi connectivity index (χ0) is 32.6. The van der Waals surface area contributed by atoms with Crippen LogP contribution in [0.3, 0.4) is 0 Å². The van der Waals surface area contributed by atoms with Gasteiger partial charge in [0.25, 0.3) is 0 Å². The Morgan fingerprint density at radius 3 is 2.34 bits per heavy atom. The summed E-state index contributed by atoms with van der Waals surface area (Å²) in [7, 11) is 1.26. The molecule has 4 heterocycles. The third-order valence-electron chi connectivity index (χ3n) is 6.56. The topological polar surface area (TPSA) is 106 Å². The van der Waals surface area contributed by atoms with Gasteiger partial charge in [0.15, 0.2) is 17.4 Å². The highest BCUT2D eigenvalue weighted by molar-refractivity contribution is 5.88. The summed E-state index contributed by atoms with van der Waals surface area (Å²) in [5, 5.41) is 2.60. The van der Waals surface area contributed by atoms with Gasteiger partial charge in [0.05, 0.1) is 23.6 Å². The van der Waals surface area contributed by atoms with Crippen molar-refractivity contribution in [3.05, 3.63) is 41.0 Å². The maximum Gasteiger partial charge on any atom is 0.433 e. The number of allylic oxidation sites excluding steroid dienone is 1. The molecule has 0 atom stereocenters. The Hall–Kier alpha value is -4.10. The second kappa shape index (κ2) is 12.1. The monoisotopic (exact) mass is 623 g/mol. The zero-order valence-corrected chi connectivity index (χ0v) is 25.8. The van der Waals surface area contributed by atoms with Gasteiger partial charge in [0.1, 0.15) is 22.7 Å². The summed E-state index contributed by atoms with van der Waals surface area (Å²) in [5.74, 6) is -1.32. The highest BCUT2D eigenvalue weighted by Crippen LogP contribution is 2.41. The van der Waals surface area contributed by atoms with Crippen molar-refractivity contribution in [1.29, 1.82) is 0 Å². The minimum absolute atomic E-state index is 0.124. The van der Waals surface area contributed by atoms with Crippen LogP contribution in [0.25, 0.3) is 5.57 Å². The van der Waals surface area contributed by atoms with Crippen molar-refractivity contribution in [2.24, 2.45) is 0 Å². The molecule has 0 bridgehead atoms. The maximum absolute atomic E-state index is 16.2. The Morgan fingerprint density at radius 2 is 1.70 bits per heavy atom. The normalized spacial score (nSPS) is 15.5. The van der Waals surface area contributed by atoms with Gasteiger partial charge >= 0.3 is 18.4 Å². The highest BCUT2D eigenvalue weighted by Gasteiger charge is 2.35. The molecular weight excluding hydrogens is 586 g/mol. The predicted octanol–water partition coefficient (Wildman–Crippen LogP) is 7.10. The number of carbonyl (C=O) groups is 2. The van der Waals surface area contributed by atoms with Gasteiger partial charge < -0.3 is 24.4 Å². The molecule has 10 nitrogen and oxygen atoms in total. The summed E-state index contributed by atoms with van der Waals surface area (Å²) in [4.78, 5) is 35.6. The predicted molar refractivity (Wildman–Crippen MR) is 156 cm³/mol. The Balaban J connectivity index is 1.71. The van der Waals surface area contributed by atoms with Crippen LogP contribution >= 0.6 is 0 Å². The zero-order valence-electron chi connectivity index (χ0n) is 25.8. The first-order valence-electron chi connectivity index (χ1n) is 14.2. The molecule has 240 valence electrons. The Labute approximate surface area is 253 Å². The van der Waals surface area contributed by atoms with Crippen molar-refractivity contribution in [2.45, 2.75) is 78.2 Å². The van der Waals surface area contributed by atoms with Crippen LogP contribution in [0.2, 0.25) is 0 Å². The Kier molecular flexibility index (Phi) is 9.04. The van der Waals surface area contributed by atoms with Crippen LogP contribution in [0, 0.1) is 5.82 Å². The number of aromatic nitrogens is 2. The lowest BCUT2D eigenvalue weighted by Gasteiger charge is -2.25. The van der Waals surface area contributed by atoms with E-state index >= 15 is 4.39 Å². The van der Waals surface area contributed by atoms with Gasteiger partial charge in [-0.05, 0) is 66.0 Å². The molecule has 2 aliphatic heterocycles. The number of anilines is 3. The van der Waals surface area contributed by atoms with Crippen molar-refractivity contribution in [2.75, 3.05) is 37.0 Å². The fraction of sp³-hybridized carbons (Fsp3) is 0.533. The van der Waals surface area contributed by atoms with Crippen molar-refractivity contribution in [3.8, 4) is 5.75 Å². The lowest BCUT2D eigenvalue weighted by molar-refractivity contribution is -0.141. The molecule has 2 aromatic rings. The number of alkyl halides is 3. The molecule has 2 aromatic heterocycles. The average molecular weight is 624 g/mol. The average Bonchev–Trinajstić information content (AvgIpc) is 3.20. The second-order valence-electron chi connectivity index (χ2n) is 12.5. The van der Waals surface area contributed by atoms with E-state index in [0.29, 0.717) is 43.1 Å². The van der Waals surface area contributed by atoms with Gasteiger partial charge in [-0.15, -0.1) is 0 Å². The van der Waals surface area contributed by atoms with E-state index in [1.807, 2.05) is 0 Å². The molecule has 0 fully saturated rings. The minimum Gasteiger partial charge on any atom is -0.491 e. The van der Waals surface area contributed by atoms with Gasteiger partial charge in [-0.1, -0.05) is 6.08 Å². The van der Waals surface area contributed by atoms with Gasteiger partial charge in [-0.2, -0.15) is 13.2 Å². The number of ether oxygens (including phenoxy) is 3. The number of hydrogen-bond donors (Lipinski definition) is 1. The quantitative estimate of drug-likeness (QED) is 0.360. The molecule has 2 amide bonds. The summed E-state index contributed by atoms with van der Waals surface area (Å²) in [6.45, 7) is 11.0. The Morgan fingerprint density at radius 1 is 1.02 bits per heavy atom. The molecule has 0 spiro atoms. The lowest BCUT2D eigenvalue weighted by Crippen LogP contribution is -2.37. The molecule has 4 rings (SSSR count). The van der Waals surface area contributed by atoms with Crippen molar-refractivity contribution in [3.63, 3.8) is 0 Å². The molecule has 44 heavy (non-hydrogen) atoms. The van der Waals surface area contributed by atoms with Crippen LogP contribution in [0.5, 0.6) is 5.75 Å². The molecule has 14 heteroatoms. The van der Waals surface area contributed by atoms with Gasteiger partial charge in [-0.25, -0.2) is 23.9 Å². The van der Waals surface area contributed by atoms with E-state index in [4.69, 9.17) is 14.2 Å². The van der Waals surface area contributed by atoms with Gasteiger partial charge in [0.2, 0.25) is 0 Å². The minimum atomic E-state index is -4.87. The van der Waals surface area contributed by atoms with Crippen molar-refractivity contribution >= 4 is 35.1 Å². The molecule has 0 aliphatic carbocycles.